The Kier molecular flexibility index (Phi) is 12.6. The maximum absolute atomic E-state index is 15.4. The average molecular weight is 956 g/mol. The summed E-state index contributed by atoms with van der Waals surface area (Å²) >= 11 is 5.15. The van der Waals surface area contributed by atoms with Crippen molar-refractivity contribution in [2.24, 2.45) is 0 Å². The van der Waals surface area contributed by atoms with E-state index in [4.69, 9.17) is 4.98 Å². The highest BCUT2D eigenvalue weighted by atomic mass is 32.2. The second kappa shape index (κ2) is 18.8. The molecule has 0 saturated carbocycles. The number of hydrogen-bond donors (Lipinski definition) is 0. The summed E-state index contributed by atoms with van der Waals surface area (Å²) in [6.45, 7) is 8.27. The highest BCUT2D eigenvalue weighted by Crippen LogP contribution is 2.49. The minimum Gasteiger partial charge on any atom is -0.293 e. The Hall–Kier alpha value is -6.08. The summed E-state index contributed by atoms with van der Waals surface area (Å²) in [4.78, 5) is 98.2. The Morgan fingerprint density at radius 3 is 1.68 bits per heavy atom. The van der Waals surface area contributed by atoms with Crippen molar-refractivity contribution in [3.8, 4) is 0 Å². The molecule has 0 radical (unpaired) electrons. The number of thioether (sulfide) groups is 3. The van der Waals surface area contributed by atoms with E-state index in [-0.39, 0.29) is 35.0 Å². The van der Waals surface area contributed by atoms with Crippen LogP contribution in [0.3, 0.4) is 0 Å². The minimum absolute atomic E-state index is 0.143. The number of anilines is 1. The van der Waals surface area contributed by atoms with Crippen LogP contribution < -0.4 is 4.90 Å². The van der Waals surface area contributed by atoms with Crippen LogP contribution in [0.25, 0.3) is 32.4 Å². The molecule has 3 heterocycles. The number of carbonyl (C=O) groups is 6. The Balaban J connectivity index is 1.13. The molecule has 0 fully saturated rings. The predicted octanol–water partition coefficient (Wildman–Crippen LogP) is 13.3. The van der Waals surface area contributed by atoms with Crippen LogP contribution in [-0.2, 0) is 6.54 Å². The second-order valence-electron chi connectivity index (χ2n) is 17.6. The number of amides is 4. The summed E-state index contributed by atoms with van der Waals surface area (Å²) in [5, 5.41) is 3.53. The zero-order valence-corrected chi connectivity index (χ0v) is 40.9. The van der Waals surface area contributed by atoms with E-state index in [1.54, 1.807) is 95.9 Å². The lowest BCUT2D eigenvalue weighted by Gasteiger charge is -2.28. The normalized spacial score (nSPS) is 14.7. The van der Waals surface area contributed by atoms with E-state index in [0.717, 1.165) is 92.2 Å². The molecule has 12 heteroatoms. The molecule has 0 atom stereocenters. The third-order valence-electron chi connectivity index (χ3n) is 13.3. The van der Waals surface area contributed by atoms with Crippen molar-refractivity contribution in [1.82, 2.24) is 9.88 Å². The Morgan fingerprint density at radius 2 is 1.09 bits per heavy atom. The number of nitrogens with zero attached hydrogens (tertiary/aromatic N) is 3. The number of aromatic nitrogens is 1. The standard InChI is InChI=1S/C56H49N3O6S3/c1-5-8-25-66-50-31(4)43-46(51(67-26-9-6-2)52(50)68-27-10-7-3)56(65)59(55(43)64)42-24-21-35(30-58-53(62)37-19-13-17-32-18-14-20-38(44(32)37)54(58)63)36-22-23-41(57-47(36)42)45-48(60)39-28-33-15-11-12-16-34(33)29-40(39)49(45)61/h11-24,28-29,45H,5-10,25-27,30H2,1-4H3. The number of fused-ring (bicyclic) bond motifs is 4. The molecule has 0 bridgehead atoms. The van der Waals surface area contributed by atoms with Gasteiger partial charge in [0.05, 0.1) is 34.6 Å². The molecule has 10 rings (SSSR count). The lowest BCUT2D eigenvalue weighted by molar-refractivity contribution is 0.0597. The van der Waals surface area contributed by atoms with Crippen molar-refractivity contribution in [1.29, 1.82) is 0 Å². The van der Waals surface area contributed by atoms with Gasteiger partial charge in [-0.2, -0.15) is 0 Å². The van der Waals surface area contributed by atoms with Gasteiger partial charge in [-0.15, -0.1) is 35.3 Å². The van der Waals surface area contributed by atoms with Crippen molar-refractivity contribution >= 4 is 109 Å². The molecule has 0 N–H and O–H groups in total. The molecule has 7 aromatic rings. The topological polar surface area (TPSA) is 122 Å². The highest BCUT2D eigenvalue weighted by Gasteiger charge is 2.45. The Labute approximate surface area is 407 Å². The molecule has 0 saturated heterocycles. The number of Topliss-reactive ketones (excluding diaryl/α,β-unsaturated/α-hetero) is 2. The maximum atomic E-state index is 15.4. The quantitative estimate of drug-likeness (QED) is 0.0400. The van der Waals surface area contributed by atoms with Gasteiger partial charge in [-0.25, -0.2) is 9.88 Å². The molecule has 0 unspecified atom stereocenters. The minimum atomic E-state index is -1.26. The van der Waals surface area contributed by atoms with E-state index >= 15 is 9.59 Å². The maximum Gasteiger partial charge on any atom is 0.267 e. The molecular weight excluding hydrogens is 907 g/mol. The molecule has 0 spiro atoms. The molecular formula is C56H49N3O6S3. The first-order valence-electron chi connectivity index (χ1n) is 23.5. The van der Waals surface area contributed by atoms with Crippen molar-refractivity contribution < 1.29 is 28.8 Å². The fraction of sp³-hybridized carbons (Fsp3) is 0.268. The molecule has 2 aliphatic heterocycles. The zero-order valence-electron chi connectivity index (χ0n) is 38.4. The summed E-state index contributed by atoms with van der Waals surface area (Å²) in [7, 11) is 0. The van der Waals surface area contributed by atoms with Crippen LogP contribution in [0.2, 0.25) is 0 Å². The van der Waals surface area contributed by atoms with Crippen molar-refractivity contribution in [3.05, 3.63) is 147 Å². The predicted molar refractivity (Wildman–Crippen MR) is 274 cm³/mol. The van der Waals surface area contributed by atoms with Gasteiger partial charge in [-0.05, 0) is 107 Å². The van der Waals surface area contributed by atoms with Gasteiger partial charge in [-0.1, -0.05) is 101 Å². The second-order valence-corrected chi connectivity index (χ2v) is 20.9. The van der Waals surface area contributed by atoms with Crippen molar-refractivity contribution in [3.63, 3.8) is 0 Å². The van der Waals surface area contributed by atoms with Crippen LogP contribution in [0, 0.1) is 6.92 Å². The fourth-order valence-electron chi connectivity index (χ4n) is 9.70. The van der Waals surface area contributed by atoms with Gasteiger partial charge in [-0.3, -0.25) is 33.7 Å². The largest absolute Gasteiger partial charge is 0.293 e. The van der Waals surface area contributed by atoms with Gasteiger partial charge in [0.25, 0.3) is 23.6 Å². The van der Waals surface area contributed by atoms with Crippen LogP contribution >= 0.6 is 35.3 Å². The van der Waals surface area contributed by atoms with E-state index in [2.05, 4.69) is 20.8 Å². The van der Waals surface area contributed by atoms with Gasteiger partial charge in [0.2, 0.25) is 0 Å². The first kappa shape index (κ1) is 45.7. The monoisotopic (exact) mass is 955 g/mol. The summed E-state index contributed by atoms with van der Waals surface area (Å²) in [6.07, 6.45) is 5.99. The van der Waals surface area contributed by atoms with Crippen molar-refractivity contribution in [2.45, 2.75) is 93.4 Å². The third-order valence-corrected chi connectivity index (χ3v) is 17.2. The van der Waals surface area contributed by atoms with Crippen LogP contribution in [0.15, 0.2) is 112 Å². The summed E-state index contributed by atoms with van der Waals surface area (Å²) in [5.74, 6) is -1.32. The fourth-order valence-corrected chi connectivity index (χ4v) is 14.0. The first-order valence-corrected chi connectivity index (χ1v) is 26.4. The molecule has 6 aromatic carbocycles. The SMILES string of the molecule is CCCCSc1c(C)c2c(c(SCCCC)c1SCCCC)C(=O)N(c1ccc(CN3C(=O)c4cccc5cccc(c45)C3=O)c3ccc(C4C(=O)c5cc6ccccc6cc5C4=O)nc13)C2=O. The number of hydrogen-bond acceptors (Lipinski definition) is 10. The van der Waals surface area contributed by atoms with Gasteiger partial charge >= 0.3 is 0 Å². The van der Waals surface area contributed by atoms with Crippen molar-refractivity contribution in [2.75, 3.05) is 22.2 Å². The van der Waals surface area contributed by atoms with Gasteiger partial charge in [0, 0.05) is 47.7 Å². The molecule has 9 nitrogen and oxygen atoms in total. The van der Waals surface area contributed by atoms with Crippen LogP contribution in [0.5, 0.6) is 0 Å². The van der Waals surface area contributed by atoms with Crippen LogP contribution in [0.4, 0.5) is 5.69 Å². The molecule has 68 heavy (non-hydrogen) atoms. The molecule has 4 amide bonds. The summed E-state index contributed by atoms with van der Waals surface area (Å²) in [5.41, 5.74) is 4.09. The van der Waals surface area contributed by atoms with Gasteiger partial charge in [0.1, 0.15) is 5.92 Å². The number of imide groups is 2. The number of benzene rings is 6. The number of carbonyl (C=O) groups excluding carboxylic acids is 6. The number of ketones is 2. The van der Waals surface area contributed by atoms with Gasteiger partial charge in [0.15, 0.2) is 11.6 Å². The van der Waals surface area contributed by atoms with E-state index in [9.17, 15) is 19.2 Å². The lowest BCUT2D eigenvalue weighted by Crippen LogP contribution is -2.39. The van der Waals surface area contributed by atoms with E-state index in [1.807, 2.05) is 43.3 Å². The third kappa shape index (κ3) is 7.56. The molecule has 342 valence electrons. The number of pyridine rings is 1. The average Bonchev–Trinajstić information content (AvgIpc) is 3.75. The zero-order chi connectivity index (χ0) is 47.4. The van der Waals surface area contributed by atoms with Gasteiger partial charge < -0.3 is 0 Å². The van der Waals surface area contributed by atoms with Crippen LogP contribution in [0.1, 0.15) is 144 Å². The molecule has 1 aliphatic carbocycles. The smallest absolute Gasteiger partial charge is 0.267 e. The first-order chi connectivity index (χ1) is 33.1. The summed E-state index contributed by atoms with van der Waals surface area (Å²) in [6, 6.07) is 28.6. The van der Waals surface area contributed by atoms with E-state index in [0.29, 0.717) is 49.7 Å². The Morgan fingerprint density at radius 1 is 0.544 bits per heavy atom. The Bertz CT molecular complexity index is 3220. The summed E-state index contributed by atoms with van der Waals surface area (Å²) < 4.78 is 0. The highest BCUT2D eigenvalue weighted by molar-refractivity contribution is 8.04. The van der Waals surface area contributed by atoms with E-state index in [1.165, 1.54) is 9.80 Å². The number of rotatable bonds is 16. The van der Waals surface area contributed by atoms with Crippen LogP contribution in [-0.4, -0.2) is 62.3 Å². The van der Waals surface area contributed by atoms with E-state index < -0.39 is 29.5 Å². The molecule has 1 aromatic heterocycles. The molecule has 3 aliphatic rings. The number of unbranched alkanes of at least 4 members (excludes halogenated alkanes) is 3. The lowest BCUT2D eigenvalue weighted by atomic mass is 9.93.